The first-order valence-electron chi connectivity index (χ1n) is 6.92. The SMILES string of the molecule is O=C(Nc1ccc[nH+]c1)c1ccccc1Oc1ccccc1. The number of hydrogen-bond donors (Lipinski definition) is 1. The molecule has 0 aliphatic rings. The molecule has 0 saturated heterocycles. The molecular weight excluding hydrogens is 276 g/mol. The van der Waals surface area contributed by atoms with Crippen LogP contribution < -0.4 is 15.0 Å². The summed E-state index contributed by atoms with van der Waals surface area (Å²) in [5.41, 5.74) is 1.18. The number of para-hydroxylation sites is 2. The minimum absolute atomic E-state index is 0.217. The summed E-state index contributed by atoms with van der Waals surface area (Å²) < 4.78 is 5.80. The second-order valence-corrected chi connectivity index (χ2v) is 4.66. The fourth-order valence-electron chi connectivity index (χ4n) is 2.03. The van der Waals surface area contributed by atoms with Gasteiger partial charge in [-0.15, -0.1) is 0 Å². The number of pyridine rings is 1. The van der Waals surface area contributed by atoms with Crippen molar-refractivity contribution in [2.45, 2.75) is 0 Å². The molecule has 2 N–H and O–H groups in total. The molecule has 0 spiro atoms. The number of rotatable bonds is 4. The third-order valence-electron chi connectivity index (χ3n) is 3.07. The summed E-state index contributed by atoms with van der Waals surface area (Å²) >= 11 is 0. The van der Waals surface area contributed by atoms with Gasteiger partial charge in [0.15, 0.2) is 12.4 Å². The number of carbonyl (C=O) groups is 1. The first-order chi connectivity index (χ1) is 10.8. The molecule has 0 radical (unpaired) electrons. The molecule has 1 aromatic heterocycles. The number of amides is 1. The van der Waals surface area contributed by atoms with E-state index in [0.717, 1.165) is 0 Å². The monoisotopic (exact) mass is 291 g/mol. The van der Waals surface area contributed by atoms with E-state index in [1.807, 2.05) is 54.6 Å². The Hall–Kier alpha value is -3.14. The molecule has 0 fully saturated rings. The van der Waals surface area contributed by atoms with E-state index in [9.17, 15) is 4.79 Å². The number of aromatic amines is 1. The van der Waals surface area contributed by atoms with E-state index in [1.165, 1.54) is 0 Å². The van der Waals surface area contributed by atoms with Crippen LogP contribution in [-0.4, -0.2) is 5.91 Å². The van der Waals surface area contributed by atoms with E-state index < -0.39 is 0 Å². The van der Waals surface area contributed by atoms with Crippen molar-refractivity contribution in [1.29, 1.82) is 0 Å². The van der Waals surface area contributed by atoms with Crippen LogP contribution in [0.1, 0.15) is 10.4 Å². The molecule has 3 rings (SSSR count). The highest BCUT2D eigenvalue weighted by atomic mass is 16.5. The molecule has 3 aromatic rings. The van der Waals surface area contributed by atoms with Gasteiger partial charge in [-0.2, -0.15) is 0 Å². The van der Waals surface area contributed by atoms with E-state index in [4.69, 9.17) is 4.74 Å². The Labute approximate surface area is 128 Å². The predicted molar refractivity (Wildman–Crippen MR) is 83.9 cm³/mol. The molecule has 0 unspecified atom stereocenters. The minimum atomic E-state index is -0.217. The van der Waals surface area contributed by atoms with Crippen LogP contribution in [-0.2, 0) is 0 Å². The summed E-state index contributed by atoms with van der Waals surface area (Å²) in [6, 6.07) is 20.2. The molecule has 4 nitrogen and oxygen atoms in total. The zero-order chi connectivity index (χ0) is 15.2. The van der Waals surface area contributed by atoms with E-state index >= 15 is 0 Å². The maximum Gasteiger partial charge on any atom is 0.259 e. The van der Waals surface area contributed by atoms with Gasteiger partial charge < -0.3 is 10.1 Å². The molecule has 0 bridgehead atoms. The van der Waals surface area contributed by atoms with Gasteiger partial charge in [-0.1, -0.05) is 30.3 Å². The summed E-state index contributed by atoms with van der Waals surface area (Å²) in [5, 5.41) is 2.83. The van der Waals surface area contributed by atoms with Crippen molar-refractivity contribution in [1.82, 2.24) is 0 Å². The Kier molecular flexibility index (Phi) is 4.11. The van der Waals surface area contributed by atoms with Crippen molar-refractivity contribution in [2.24, 2.45) is 0 Å². The Morgan fingerprint density at radius 2 is 1.68 bits per heavy atom. The van der Waals surface area contributed by atoms with Crippen molar-refractivity contribution >= 4 is 11.6 Å². The molecule has 0 atom stereocenters. The van der Waals surface area contributed by atoms with Gasteiger partial charge in [-0.25, -0.2) is 4.98 Å². The molecule has 0 saturated carbocycles. The van der Waals surface area contributed by atoms with E-state index in [-0.39, 0.29) is 5.91 Å². The fraction of sp³-hybridized carbons (Fsp3) is 0. The van der Waals surface area contributed by atoms with Crippen LogP contribution in [0.25, 0.3) is 0 Å². The van der Waals surface area contributed by atoms with Crippen molar-refractivity contribution in [3.8, 4) is 11.5 Å². The lowest BCUT2D eigenvalue weighted by molar-refractivity contribution is -0.377. The number of hydrogen-bond acceptors (Lipinski definition) is 2. The second kappa shape index (κ2) is 6.54. The summed E-state index contributed by atoms with van der Waals surface area (Å²) in [7, 11) is 0. The van der Waals surface area contributed by atoms with Crippen LogP contribution in [0.3, 0.4) is 0 Å². The lowest BCUT2D eigenvalue weighted by atomic mass is 10.2. The van der Waals surface area contributed by atoms with Crippen LogP contribution in [0.15, 0.2) is 79.1 Å². The number of H-pyrrole nitrogens is 1. The van der Waals surface area contributed by atoms with Gasteiger partial charge >= 0.3 is 0 Å². The average Bonchev–Trinajstić information content (AvgIpc) is 2.57. The highest BCUT2D eigenvalue weighted by Gasteiger charge is 2.13. The molecule has 2 aromatic carbocycles. The maximum absolute atomic E-state index is 12.4. The topological polar surface area (TPSA) is 52.5 Å². The third kappa shape index (κ3) is 3.30. The van der Waals surface area contributed by atoms with Crippen molar-refractivity contribution in [3.05, 3.63) is 84.7 Å². The Balaban J connectivity index is 1.83. The number of nitrogens with one attached hydrogen (secondary N) is 2. The van der Waals surface area contributed by atoms with Crippen LogP contribution >= 0.6 is 0 Å². The molecule has 0 aliphatic heterocycles. The van der Waals surface area contributed by atoms with Crippen molar-refractivity contribution < 1.29 is 14.5 Å². The summed E-state index contributed by atoms with van der Waals surface area (Å²) in [6.45, 7) is 0. The highest BCUT2D eigenvalue weighted by Crippen LogP contribution is 2.25. The minimum Gasteiger partial charge on any atom is -0.457 e. The summed E-state index contributed by atoms with van der Waals surface area (Å²) in [5.74, 6) is 0.994. The first-order valence-corrected chi connectivity index (χ1v) is 6.92. The van der Waals surface area contributed by atoms with Gasteiger partial charge in [0.25, 0.3) is 5.91 Å². The molecule has 0 aliphatic carbocycles. The standard InChI is InChI=1S/C18H14N2O2/c21-18(20-14-7-6-12-19-13-14)16-10-4-5-11-17(16)22-15-8-2-1-3-9-15/h1-13H,(H,20,21)/p+1. The van der Waals surface area contributed by atoms with E-state index in [1.54, 1.807) is 24.5 Å². The summed E-state index contributed by atoms with van der Waals surface area (Å²) in [6.07, 6.45) is 3.50. The van der Waals surface area contributed by atoms with E-state index in [0.29, 0.717) is 22.7 Å². The smallest absolute Gasteiger partial charge is 0.259 e. The van der Waals surface area contributed by atoms with Crippen LogP contribution in [0.4, 0.5) is 5.69 Å². The van der Waals surface area contributed by atoms with Gasteiger partial charge in [0.1, 0.15) is 17.2 Å². The molecule has 1 heterocycles. The average molecular weight is 291 g/mol. The van der Waals surface area contributed by atoms with Crippen molar-refractivity contribution in [2.75, 3.05) is 5.32 Å². The zero-order valence-corrected chi connectivity index (χ0v) is 11.8. The Morgan fingerprint density at radius 3 is 2.45 bits per heavy atom. The fourth-order valence-corrected chi connectivity index (χ4v) is 2.03. The predicted octanol–water partition coefficient (Wildman–Crippen LogP) is 3.55. The normalized spacial score (nSPS) is 10.0. The van der Waals surface area contributed by atoms with Gasteiger partial charge in [0.2, 0.25) is 0 Å². The van der Waals surface area contributed by atoms with Gasteiger partial charge in [-0.05, 0) is 30.3 Å². The second-order valence-electron chi connectivity index (χ2n) is 4.66. The number of aromatic nitrogens is 1. The number of ether oxygens (including phenoxy) is 1. The van der Waals surface area contributed by atoms with Gasteiger partial charge in [0.05, 0.1) is 5.56 Å². The third-order valence-corrected chi connectivity index (χ3v) is 3.07. The van der Waals surface area contributed by atoms with Crippen LogP contribution in [0.5, 0.6) is 11.5 Å². The van der Waals surface area contributed by atoms with Crippen LogP contribution in [0.2, 0.25) is 0 Å². The molecule has 4 heteroatoms. The molecule has 108 valence electrons. The molecule has 22 heavy (non-hydrogen) atoms. The number of anilines is 1. The highest BCUT2D eigenvalue weighted by molar-refractivity contribution is 6.06. The molecular formula is C18H15N2O2+. The lowest BCUT2D eigenvalue weighted by Crippen LogP contribution is -2.14. The molecule has 1 amide bonds. The van der Waals surface area contributed by atoms with E-state index in [2.05, 4.69) is 10.3 Å². The van der Waals surface area contributed by atoms with Crippen molar-refractivity contribution in [3.63, 3.8) is 0 Å². The Bertz CT molecular complexity index is 758. The van der Waals surface area contributed by atoms with Gasteiger partial charge in [-0.3, -0.25) is 4.79 Å². The van der Waals surface area contributed by atoms with Gasteiger partial charge in [0, 0.05) is 6.07 Å². The summed E-state index contributed by atoms with van der Waals surface area (Å²) in [4.78, 5) is 15.3. The lowest BCUT2D eigenvalue weighted by Gasteiger charge is -2.10. The number of benzene rings is 2. The first kappa shape index (κ1) is 13.8. The Morgan fingerprint density at radius 1 is 0.909 bits per heavy atom. The largest absolute Gasteiger partial charge is 0.457 e. The zero-order valence-electron chi connectivity index (χ0n) is 11.8. The maximum atomic E-state index is 12.4. The quantitative estimate of drug-likeness (QED) is 0.799. The van der Waals surface area contributed by atoms with Crippen LogP contribution in [0, 0.1) is 0 Å². The number of carbonyl (C=O) groups excluding carboxylic acids is 1.